The summed E-state index contributed by atoms with van der Waals surface area (Å²) in [4.78, 5) is 31.2. The number of aromatic nitrogens is 2. The van der Waals surface area contributed by atoms with Crippen molar-refractivity contribution in [3.8, 4) is 0 Å². The van der Waals surface area contributed by atoms with Gasteiger partial charge in [-0.15, -0.1) is 0 Å². The average Bonchev–Trinajstić information content (AvgIpc) is 2.97. The van der Waals surface area contributed by atoms with Gasteiger partial charge in [-0.05, 0) is 25.8 Å². The number of imidazole rings is 1. The normalized spacial score (nSPS) is 15.5. The molecule has 2 heterocycles. The molecule has 1 saturated heterocycles. The van der Waals surface area contributed by atoms with E-state index in [1.165, 1.54) is 12.1 Å². The third kappa shape index (κ3) is 3.39. The molecule has 1 aliphatic rings. The van der Waals surface area contributed by atoms with Crippen LogP contribution in [0.2, 0.25) is 0 Å². The van der Waals surface area contributed by atoms with Crippen LogP contribution in [-0.4, -0.2) is 51.6 Å². The first-order valence-electron chi connectivity index (χ1n) is 7.89. The minimum atomic E-state index is -0.432. The molecule has 0 spiro atoms. The van der Waals surface area contributed by atoms with Gasteiger partial charge >= 0.3 is 6.09 Å². The van der Waals surface area contributed by atoms with Crippen LogP contribution in [0.25, 0.3) is 11.0 Å². The molecule has 0 saturated carbocycles. The van der Waals surface area contributed by atoms with Crippen molar-refractivity contribution in [2.45, 2.75) is 25.8 Å². The molecule has 1 aliphatic heterocycles. The highest BCUT2D eigenvalue weighted by molar-refractivity contribution is 5.79. The van der Waals surface area contributed by atoms with Gasteiger partial charge in [0, 0.05) is 31.3 Å². The summed E-state index contributed by atoms with van der Waals surface area (Å²) in [5.74, 6) is 0.583. The maximum Gasteiger partial charge on any atom is 0.409 e. The van der Waals surface area contributed by atoms with Crippen molar-refractivity contribution < 1.29 is 14.5 Å². The molecule has 0 radical (unpaired) electrons. The van der Waals surface area contributed by atoms with Gasteiger partial charge in [0.15, 0.2) is 0 Å². The number of carbonyl (C=O) groups excluding carboxylic acids is 1. The number of nitrogens with zero attached hydrogens (tertiary/aromatic N) is 3. The van der Waals surface area contributed by atoms with Crippen LogP contribution in [0.5, 0.6) is 0 Å². The van der Waals surface area contributed by atoms with Gasteiger partial charge in [-0.25, -0.2) is 9.78 Å². The number of nitrogens with one attached hydrogen (secondary N) is 2. The third-order valence-electron chi connectivity index (χ3n) is 4.04. The number of hydrogen-bond acceptors (Lipinski definition) is 6. The van der Waals surface area contributed by atoms with Crippen LogP contribution < -0.4 is 5.32 Å². The molecule has 1 aromatic heterocycles. The quantitative estimate of drug-likeness (QED) is 0.656. The van der Waals surface area contributed by atoms with E-state index in [-0.39, 0.29) is 17.8 Å². The number of ether oxygens (including phenoxy) is 1. The number of amides is 1. The van der Waals surface area contributed by atoms with Crippen molar-refractivity contribution in [1.82, 2.24) is 14.9 Å². The standard InChI is InChI=1S/C15H19N5O4/c1-2-24-15(21)19-7-5-10(6-8-19)16-14-17-12-4-3-11(20(22)23)9-13(12)18-14/h3-4,9-10H,2,5-8H2,1H3,(H2,16,17,18). The Balaban J connectivity index is 1.62. The summed E-state index contributed by atoms with van der Waals surface area (Å²) in [7, 11) is 0. The van der Waals surface area contributed by atoms with E-state index in [0.717, 1.165) is 12.8 Å². The van der Waals surface area contributed by atoms with Gasteiger partial charge in [-0.1, -0.05) is 0 Å². The minimum Gasteiger partial charge on any atom is -0.450 e. The molecule has 0 aliphatic carbocycles. The van der Waals surface area contributed by atoms with Crippen LogP contribution in [0.4, 0.5) is 16.4 Å². The Morgan fingerprint density at radius 3 is 2.92 bits per heavy atom. The van der Waals surface area contributed by atoms with E-state index in [0.29, 0.717) is 36.7 Å². The molecule has 9 nitrogen and oxygen atoms in total. The van der Waals surface area contributed by atoms with Crippen LogP contribution in [0.1, 0.15) is 19.8 Å². The zero-order valence-electron chi connectivity index (χ0n) is 13.3. The molecule has 128 valence electrons. The summed E-state index contributed by atoms with van der Waals surface area (Å²) in [6, 6.07) is 4.71. The van der Waals surface area contributed by atoms with E-state index in [1.54, 1.807) is 17.9 Å². The van der Waals surface area contributed by atoms with Gasteiger partial charge in [0.1, 0.15) is 0 Å². The average molecular weight is 333 g/mol. The molecule has 0 atom stereocenters. The second kappa shape index (κ2) is 6.73. The van der Waals surface area contributed by atoms with E-state index >= 15 is 0 Å². The first-order chi connectivity index (χ1) is 11.6. The molecular formula is C15H19N5O4. The predicted octanol–water partition coefficient (Wildman–Crippen LogP) is 2.50. The monoisotopic (exact) mass is 333 g/mol. The fraction of sp³-hybridized carbons (Fsp3) is 0.467. The lowest BCUT2D eigenvalue weighted by Crippen LogP contribution is -2.42. The highest BCUT2D eigenvalue weighted by Crippen LogP contribution is 2.22. The fourth-order valence-electron chi connectivity index (χ4n) is 2.79. The number of piperidine rings is 1. The summed E-state index contributed by atoms with van der Waals surface area (Å²) in [6.45, 7) is 3.42. The van der Waals surface area contributed by atoms with Crippen molar-refractivity contribution in [3.63, 3.8) is 0 Å². The number of nitro groups is 1. The molecule has 2 N–H and O–H groups in total. The molecular weight excluding hydrogens is 314 g/mol. The Labute approximate surface area is 138 Å². The summed E-state index contributed by atoms with van der Waals surface area (Å²) in [5.41, 5.74) is 1.32. The first kappa shape index (κ1) is 16.0. The van der Waals surface area contributed by atoms with Crippen LogP contribution in [0.15, 0.2) is 18.2 Å². The summed E-state index contributed by atoms with van der Waals surface area (Å²) in [6.07, 6.45) is 1.30. The van der Waals surface area contributed by atoms with Crippen LogP contribution in [0, 0.1) is 10.1 Å². The van der Waals surface area contributed by atoms with Crippen LogP contribution >= 0.6 is 0 Å². The number of hydrogen-bond donors (Lipinski definition) is 2. The summed E-state index contributed by atoms with van der Waals surface area (Å²) >= 11 is 0. The second-order valence-electron chi connectivity index (χ2n) is 5.65. The zero-order chi connectivity index (χ0) is 17.1. The van der Waals surface area contributed by atoms with E-state index < -0.39 is 4.92 Å². The van der Waals surface area contributed by atoms with Crippen molar-refractivity contribution in [2.24, 2.45) is 0 Å². The van der Waals surface area contributed by atoms with Gasteiger partial charge in [-0.3, -0.25) is 10.1 Å². The lowest BCUT2D eigenvalue weighted by molar-refractivity contribution is -0.384. The highest BCUT2D eigenvalue weighted by Gasteiger charge is 2.24. The van der Waals surface area contributed by atoms with Gasteiger partial charge < -0.3 is 19.9 Å². The molecule has 1 fully saturated rings. The third-order valence-corrected chi connectivity index (χ3v) is 4.04. The van der Waals surface area contributed by atoms with E-state index in [1.807, 2.05) is 0 Å². The molecule has 2 aromatic rings. The largest absolute Gasteiger partial charge is 0.450 e. The number of H-pyrrole nitrogens is 1. The number of non-ortho nitro benzene ring substituents is 1. The van der Waals surface area contributed by atoms with Gasteiger partial charge in [0.2, 0.25) is 5.95 Å². The first-order valence-corrected chi connectivity index (χ1v) is 7.89. The Hall–Kier alpha value is -2.84. The van der Waals surface area contributed by atoms with Crippen molar-refractivity contribution in [1.29, 1.82) is 0 Å². The second-order valence-corrected chi connectivity index (χ2v) is 5.65. The minimum absolute atomic E-state index is 0.0282. The maximum absolute atomic E-state index is 11.7. The smallest absolute Gasteiger partial charge is 0.409 e. The number of carbonyl (C=O) groups is 1. The Kier molecular flexibility index (Phi) is 4.50. The van der Waals surface area contributed by atoms with E-state index in [2.05, 4.69) is 15.3 Å². The van der Waals surface area contributed by atoms with Crippen LogP contribution in [-0.2, 0) is 4.74 Å². The number of rotatable bonds is 4. The predicted molar refractivity (Wildman–Crippen MR) is 88.0 cm³/mol. The Bertz CT molecular complexity index is 751. The molecule has 3 rings (SSSR count). The molecule has 24 heavy (non-hydrogen) atoms. The van der Waals surface area contributed by atoms with Crippen LogP contribution in [0.3, 0.4) is 0 Å². The number of likely N-dealkylation sites (tertiary alicyclic amines) is 1. The molecule has 0 unspecified atom stereocenters. The van der Waals surface area contributed by atoms with Crippen molar-refractivity contribution in [2.75, 3.05) is 25.0 Å². The molecule has 0 bridgehead atoms. The zero-order valence-corrected chi connectivity index (χ0v) is 13.3. The molecule has 1 aromatic carbocycles. The maximum atomic E-state index is 11.7. The van der Waals surface area contributed by atoms with Crippen molar-refractivity contribution in [3.05, 3.63) is 28.3 Å². The topological polar surface area (TPSA) is 113 Å². The van der Waals surface area contributed by atoms with Gasteiger partial charge in [0.05, 0.1) is 22.6 Å². The number of anilines is 1. The number of fused-ring (bicyclic) bond motifs is 1. The fourth-order valence-corrected chi connectivity index (χ4v) is 2.79. The Morgan fingerprint density at radius 1 is 1.50 bits per heavy atom. The van der Waals surface area contributed by atoms with Crippen molar-refractivity contribution >= 4 is 28.8 Å². The summed E-state index contributed by atoms with van der Waals surface area (Å²) in [5, 5.41) is 14.1. The van der Waals surface area contributed by atoms with Gasteiger partial charge in [-0.2, -0.15) is 0 Å². The summed E-state index contributed by atoms with van der Waals surface area (Å²) < 4.78 is 5.00. The highest BCUT2D eigenvalue weighted by atomic mass is 16.6. The molecule has 1 amide bonds. The molecule has 9 heteroatoms. The van der Waals surface area contributed by atoms with E-state index in [9.17, 15) is 14.9 Å². The Morgan fingerprint density at radius 2 is 2.25 bits per heavy atom. The lowest BCUT2D eigenvalue weighted by Gasteiger charge is -2.31. The SMILES string of the molecule is CCOC(=O)N1CCC(Nc2nc3ccc([N+](=O)[O-])cc3[nH]2)CC1. The van der Waals surface area contributed by atoms with Gasteiger partial charge in [0.25, 0.3) is 5.69 Å². The number of nitro benzene ring substituents is 1. The van der Waals surface area contributed by atoms with E-state index in [4.69, 9.17) is 4.74 Å². The number of benzene rings is 1. The number of aromatic amines is 1. The lowest BCUT2D eigenvalue weighted by atomic mass is 10.1.